The number of nitrogens with zero attached hydrogens (tertiary/aromatic N) is 3. The number of benzene rings is 3. The van der Waals surface area contributed by atoms with Gasteiger partial charge in [0.05, 0.1) is 5.56 Å². The van der Waals surface area contributed by atoms with Gasteiger partial charge in [0.1, 0.15) is 6.54 Å². The number of carboxylic acids is 2. The van der Waals surface area contributed by atoms with E-state index in [1.165, 1.54) is 24.3 Å². The molecule has 2 heterocycles. The zero-order chi connectivity index (χ0) is 43.7. The van der Waals surface area contributed by atoms with Crippen LogP contribution in [-0.2, 0) is 59.3 Å². The Morgan fingerprint density at radius 1 is 0.833 bits per heavy atom. The summed E-state index contributed by atoms with van der Waals surface area (Å²) in [4.78, 5) is 51.5. The molecule has 0 bridgehead atoms. The number of likely N-dealkylation sites (tertiary alicyclic amines) is 1. The Bertz CT molecular complexity index is 2170. The number of carbonyl (C=O) groups excluding carboxylic acids is 1. The summed E-state index contributed by atoms with van der Waals surface area (Å²) in [7, 11) is 0. The molecule has 1 aliphatic heterocycles. The second kappa shape index (κ2) is 20.2. The molecular weight excluding hydrogens is 793 g/mol. The molecule has 16 heteroatoms. The number of aliphatic hydroxyl groups excluding tert-OH is 2. The van der Waals surface area contributed by atoms with Crippen LogP contribution in [0.5, 0.6) is 0 Å². The van der Waals surface area contributed by atoms with Crippen LogP contribution in [0.1, 0.15) is 66.2 Å². The summed E-state index contributed by atoms with van der Waals surface area (Å²) in [5, 5.41) is 32.5. The molecule has 0 saturated carbocycles. The minimum atomic E-state index is -4.40. The summed E-state index contributed by atoms with van der Waals surface area (Å²) in [5.74, 6) is -5.44. The standard InChI is InChI=1S/C40H42F5N3O2.C4H6O6/c1-2-46-22-20-32(21-23-46)48(25-27-10-12-28(13-11-27)29-14-17-31(18-15-29)40(43,44)45)38(50)26-47-33(19-16-30-6-5-8-35(41)39(30)42)24-37(49)34-7-3-4-9-36(34)47;5-1(3(7)8)2(6)4(9)10/h5-6,8,10-15,17-18,24,32H,2-4,7,9,16,19-23,25-26H2,1H3;1-2,5-6H,(H,7,8)(H,9,10). The Labute approximate surface area is 343 Å². The topological polar surface area (TPSA) is 161 Å². The van der Waals surface area contributed by atoms with Gasteiger partial charge in [-0.1, -0.05) is 55.5 Å². The number of carboxylic acid groups (broad SMARTS) is 2. The number of aryl methyl sites for hydroxylation is 2. The highest BCUT2D eigenvalue weighted by Crippen LogP contribution is 2.31. The molecule has 11 nitrogen and oxygen atoms in total. The van der Waals surface area contributed by atoms with Crippen LogP contribution in [0.25, 0.3) is 11.1 Å². The van der Waals surface area contributed by atoms with E-state index in [9.17, 15) is 41.1 Å². The summed E-state index contributed by atoms with van der Waals surface area (Å²) in [6, 6.07) is 18.3. The Morgan fingerprint density at radius 2 is 1.42 bits per heavy atom. The number of amides is 1. The molecule has 2 aliphatic rings. The predicted octanol–water partition coefficient (Wildman–Crippen LogP) is 5.87. The second-order valence-electron chi connectivity index (χ2n) is 15.0. The van der Waals surface area contributed by atoms with Crippen molar-refractivity contribution in [3.05, 3.63) is 128 Å². The monoisotopic (exact) mass is 841 g/mol. The fourth-order valence-electron chi connectivity index (χ4n) is 7.67. The summed E-state index contributed by atoms with van der Waals surface area (Å²) in [6.45, 7) is 5.19. The van der Waals surface area contributed by atoms with Gasteiger partial charge in [0.2, 0.25) is 5.91 Å². The van der Waals surface area contributed by atoms with E-state index < -0.39 is 47.5 Å². The van der Waals surface area contributed by atoms with Crippen LogP contribution in [0.2, 0.25) is 0 Å². The number of fused-ring (bicyclic) bond motifs is 1. The first-order valence-corrected chi connectivity index (χ1v) is 19.8. The number of piperidine rings is 1. The Hall–Kier alpha value is -5.45. The summed E-state index contributed by atoms with van der Waals surface area (Å²) in [5.41, 5.74) is 4.00. The molecule has 3 aromatic carbocycles. The average Bonchev–Trinajstić information content (AvgIpc) is 3.24. The van der Waals surface area contributed by atoms with Crippen LogP contribution in [0.15, 0.2) is 77.6 Å². The van der Waals surface area contributed by atoms with Gasteiger partial charge in [-0.3, -0.25) is 9.59 Å². The molecule has 4 N–H and O–H groups in total. The number of hydrogen-bond donors (Lipinski definition) is 4. The van der Waals surface area contributed by atoms with Crippen molar-refractivity contribution >= 4 is 17.8 Å². The van der Waals surface area contributed by atoms with Crippen LogP contribution in [0, 0.1) is 11.6 Å². The molecule has 6 rings (SSSR count). The number of rotatable bonds is 13. The fourth-order valence-corrected chi connectivity index (χ4v) is 7.67. The molecule has 1 aliphatic carbocycles. The minimum Gasteiger partial charge on any atom is -0.479 e. The number of aromatic nitrogens is 1. The first-order valence-electron chi connectivity index (χ1n) is 19.8. The number of carbonyl (C=O) groups is 3. The van der Waals surface area contributed by atoms with Crippen molar-refractivity contribution in [3.63, 3.8) is 0 Å². The third kappa shape index (κ3) is 11.4. The van der Waals surface area contributed by atoms with Crippen molar-refractivity contribution in [1.82, 2.24) is 14.4 Å². The van der Waals surface area contributed by atoms with Crippen LogP contribution in [0.4, 0.5) is 22.0 Å². The van der Waals surface area contributed by atoms with Gasteiger partial charge in [0.25, 0.3) is 0 Å². The smallest absolute Gasteiger partial charge is 0.416 e. The lowest BCUT2D eigenvalue weighted by atomic mass is 9.93. The van der Waals surface area contributed by atoms with Gasteiger partial charge < -0.3 is 34.8 Å². The maximum absolute atomic E-state index is 14.6. The van der Waals surface area contributed by atoms with Crippen molar-refractivity contribution in [2.75, 3.05) is 19.6 Å². The number of pyridine rings is 1. The highest BCUT2D eigenvalue weighted by molar-refractivity contribution is 5.83. The highest BCUT2D eigenvalue weighted by atomic mass is 19.4. The third-order valence-electron chi connectivity index (χ3n) is 11.1. The van der Waals surface area contributed by atoms with Gasteiger partial charge in [0.15, 0.2) is 29.3 Å². The lowest BCUT2D eigenvalue weighted by molar-refractivity contribution is -0.165. The molecule has 0 radical (unpaired) electrons. The average molecular weight is 842 g/mol. The van der Waals surface area contributed by atoms with Crippen molar-refractivity contribution in [1.29, 1.82) is 0 Å². The normalized spacial score (nSPS) is 15.6. The maximum Gasteiger partial charge on any atom is 0.416 e. The molecule has 1 saturated heterocycles. The predicted molar refractivity (Wildman–Crippen MR) is 211 cm³/mol. The second-order valence-corrected chi connectivity index (χ2v) is 15.0. The molecule has 2 atom stereocenters. The van der Waals surface area contributed by atoms with Gasteiger partial charge >= 0.3 is 18.1 Å². The molecular formula is C44H48F5N3O8. The van der Waals surface area contributed by atoms with E-state index >= 15 is 0 Å². The molecule has 0 spiro atoms. The maximum atomic E-state index is 14.6. The van der Waals surface area contributed by atoms with Gasteiger partial charge in [0, 0.05) is 48.7 Å². The van der Waals surface area contributed by atoms with Crippen LogP contribution in [-0.4, -0.2) is 90.5 Å². The molecule has 4 aromatic rings. The zero-order valence-corrected chi connectivity index (χ0v) is 33.0. The fraction of sp³-hybridized carbons (Fsp3) is 0.409. The largest absolute Gasteiger partial charge is 0.479 e. The molecule has 1 fully saturated rings. The number of aliphatic hydroxyl groups is 2. The molecule has 60 heavy (non-hydrogen) atoms. The number of hydrogen-bond acceptors (Lipinski definition) is 7. The van der Waals surface area contributed by atoms with Gasteiger partial charge in [-0.2, -0.15) is 13.2 Å². The molecule has 1 amide bonds. The van der Waals surface area contributed by atoms with Crippen molar-refractivity contribution in [2.24, 2.45) is 0 Å². The van der Waals surface area contributed by atoms with E-state index in [-0.39, 0.29) is 42.3 Å². The van der Waals surface area contributed by atoms with Crippen molar-refractivity contribution < 1.29 is 56.8 Å². The van der Waals surface area contributed by atoms with E-state index in [2.05, 4.69) is 11.8 Å². The lowest BCUT2D eigenvalue weighted by Crippen LogP contribution is -2.48. The molecule has 322 valence electrons. The molecule has 1 aromatic heterocycles. The van der Waals surface area contributed by atoms with Gasteiger partial charge in [-0.05, 0) is 98.4 Å². The first kappa shape index (κ1) is 45.6. The minimum absolute atomic E-state index is 0.0000582. The SMILES string of the molecule is CCN1CCC(N(Cc2ccc(-c3ccc(C(F)(F)F)cc3)cc2)C(=O)Cn2c(CCc3cccc(F)c3F)cc(=O)c3c2CCCC3)CC1.O=C(O)C(O)C(O)C(=O)O. The van der Waals surface area contributed by atoms with Crippen molar-refractivity contribution in [3.8, 4) is 11.1 Å². The number of alkyl halides is 3. The van der Waals surface area contributed by atoms with E-state index in [4.69, 9.17) is 20.4 Å². The summed E-state index contributed by atoms with van der Waals surface area (Å²) < 4.78 is 69.7. The van der Waals surface area contributed by atoms with E-state index in [0.717, 1.165) is 85.9 Å². The third-order valence-corrected chi connectivity index (χ3v) is 11.1. The van der Waals surface area contributed by atoms with Crippen LogP contribution < -0.4 is 5.43 Å². The number of halogens is 5. The van der Waals surface area contributed by atoms with Crippen LogP contribution in [0.3, 0.4) is 0 Å². The Morgan fingerprint density at radius 3 is 1.98 bits per heavy atom. The van der Waals surface area contributed by atoms with Crippen molar-refractivity contribution in [2.45, 2.75) is 95.8 Å². The van der Waals surface area contributed by atoms with E-state index in [0.29, 0.717) is 30.6 Å². The first-order chi connectivity index (χ1) is 28.5. The highest BCUT2D eigenvalue weighted by Gasteiger charge is 2.32. The number of aliphatic carboxylic acids is 2. The quantitative estimate of drug-likeness (QED) is 0.121. The van der Waals surface area contributed by atoms with E-state index in [1.807, 2.05) is 33.7 Å². The summed E-state index contributed by atoms with van der Waals surface area (Å²) >= 11 is 0. The van der Waals surface area contributed by atoms with Gasteiger partial charge in [-0.15, -0.1) is 0 Å². The Balaban J connectivity index is 0.000000606. The lowest BCUT2D eigenvalue weighted by Gasteiger charge is -2.39. The summed E-state index contributed by atoms with van der Waals surface area (Å²) in [6.07, 6.45) is -3.74. The Kier molecular flexibility index (Phi) is 15.4. The van der Waals surface area contributed by atoms with Gasteiger partial charge in [-0.25, -0.2) is 18.4 Å². The van der Waals surface area contributed by atoms with E-state index in [1.54, 1.807) is 6.07 Å². The molecule has 2 unspecified atom stereocenters. The zero-order valence-electron chi connectivity index (χ0n) is 33.0. The van der Waals surface area contributed by atoms with Crippen LogP contribution >= 0.6 is 0 Å².